The molecule has 3 rings (SSSR count). The second-order valence-corrected chi connectivity index (χ2v) is 8.66. The highest BCUT2D eigenvalue weighted by molar-refractivity contribution is 7.15. The molecule has 0 aliphatic rings. The monoisotopic (exact) mass is 498 g/mol. The molecule has 10 heteroatoms. The van der Waals surface area contributed by atoms with Crippen LogP contribution in [0.3, 0.4) is 0 Å². The highest BCUT2D eigenvalue weighted by Crippen LogP contribution is 2.34. The standard InChI is InChI=1S/C23H22ClF3N2O3S/c1-4-31-21(30)13-32-19-10-9-17(11-18(19)24)29(3)12-20-14(2)28-22(33-20)15-5-7-16(8-6-15)23(25,26)27/h5-11H,4,12-13H2,1-3H3. The zero-order valence-electron chi connectivity index (χ0n) is 18.2. The molecular weight excluding hydrogens is 477 g/mol. The number of halogens is 4. The third-order valence-electron chi connectivity index (χ3n) is 4.74. The lowest BCUT2D eigenvalue weighted by molar-refractivity contribution is -0.145. The van der Waals surface area contributed by atoms with Crippen LogP contribution in [0.15, 0.2) is 42.5 Å². The summed E-state index contributed by atoms with van der Waals surface area (Å²) >= 11 is 7.73. The molecule has 0 amide bonds. The Bertz CT molecular complexity index is 1120. The van der Waals surface area contributed by atoms with E-state index in [-0.39, 0.29) is 13.2 Å². The lowest BCUT2D eigenvalue weighted by atomic mass is 10.1. The number of ether oxygens (including phenoxy) is 2. The van der Waals surface area contributed by atoms with Crippen LogP contribution < -0.4 is 9.64 Å². The first-order valence-electron chi connectivity index (χ1n) is 10.0. The van der Waals surface area contributed by atoms with Crippen molar-refractivity contribution in [2.45, 2.75) is 26.6 Å². The van der Waals surface area contributed by atoms with Gasteiger partial charge in [0.15, 0.2) is 6.61 Å². The number of anilines is 1. The van der Waals surface area contributed by atoms with Crippen LogP contribution in [0.25, 0.3) is 10.6 Å². The summed E-state index contributed by atoms with van der Waals surface area (Å²) in [6.45, 7) is 4.16. The van der Waals surface area contributed by atoms with Gasteiger partial charge in [-0.15, -0.1) is 11.3 Å². The summed E-state index contributed by atoms with van der Waals surface area (Å²) in [5, 5.41) is 1.01. The first-order valence-corrected chi connectivity index (χ1v) is 11.2. The number of hydrogen-bond donors (Lipinski definition) is 0. The van der Waals surface area contributed by atoms with E-state index in [9.17, 15) is 18.0 Å². The summed E-state index contributed by atoms with van der Waals surface area (Å²) in [5.41, 5.74) is 1.58. The van der Waals surface area contributed by atoms with Crippen LogP contribution in [-0.4, -0.2) is 31.2 Å². The number of aromatic nitrogens is 1. The van der Waals surface area contributed by atoms with E-state index in [1.165, 1.54) is 23.5 Å². The average molecular weight is 499 g/mol. The number of thiazole rings is 1. The lowest BCUT2D eigenvalue weighted by Crippen LogP contribution is -2.17. The topological polar surface area (TPSA) is 51.7 Å². The molecule has 0 spiro atoms. The molecule has 0 saturated heterocycles. The number of carbonyl (C=O) groups excluding carboxylic acids is 1. The van der Waals surface area contributed by atoms with Crippen LogP contribution in [0.4, 0.5) is 18.9 Å². The molecule has 1 aromatic heterocycles. The third kappa shape index (κ3) is 6.39. The molecule has 0 aliphatic heterocycles. The third-order valence-corrected chi connectivity index (χ3v) is 6.23. The van der Waals surface area contributed by atoms with Gasteiger partial charge >= 0.3 is 12.1 Å². The van der Waals surface area contributed by atoms with Crippen molar-refractivity contribution in [3.63, 3.8) is 0 Å². The van der Waals surface area contributed by atoms with E-state index in [0.717, 1.165) is 28.4 Å². The Morgan fingerprint density at radius 3 is 2.48 bits per heavy atom. The number of aryl methyl sites for hydroxylation is 1. The van der Waals surface area contributed by atoms with E-state index >= 15 is 0 Å². The van der Waals surface area contributed by atoms with Crippen molar-refractivity contribution in [1.29, 1.82) is 0 Å². The Labute approximate surface area is 198 Å². The van der Waals surface area contributed by atoms with Crippen LogP contribution >= 0.6 is 22.9 Å². The fourth-order valence-corrected chi connectivity index (χ4v) is 4.34. The van der Waals surface area contributed by atoms with Crippen LogP contribution in [-0.2, 0) is 22.3 Å². The minimum Gasteiger partial charge on any atom is -0.480 e. The number of nitrogens with zero attached hydrogens (tertiary/aromatic N) is 2. The highest BCUT2D eigenvalue weighted by atomic mass is 35.5. The van der Waals surface area contributed by atoms with Crippen molar-refractivity contribution in [2.24, 2.45) is 0 Å². The molecule has 0 unspecified atom stereocenters. The summed E-state index contributed by atoms with van der Waals surface area (Å²) in [6.07, 6.45) is -4.37. The Morgan fingerprint density at radius 2 is 1.88 bits per heavy atom. The van der Waals surface area contributed by atoms with E-state index in [0.29, 0.717) is 27.9 Å². The van der Waals surface area contributed by atoms with Crippen molar-refractivity contribution in [2.75, 3.05) is 25.2 Å². The fourth-order valence-electron chi connectivity index (χ4n) is 2.99. The molecule has 2 aromatic carbocycles. The van der Waals surface area contributed by atoms with Crippen molar-refractivity contribution in [1.82, 2.24) is 4.98 Å². The van der Waals surface area contributed by atoms with E-state index in [2.05, 4.69) is 4.98 Å². The molecule has 0 N–H and O–H groups in total. The number of esters is 1. The average Bonchev–Trinajstić information content (AvgIpc) is 3.12. The van der Waals surface area contributed by atoms with Crippen molar-refractivity contribution in [3.8, 4) is 16.3 Å². The molecule has 33 heavy (non-hydrogen) atoms. The second-order valence-electron chi connectivity index (χ2n) is 7.17. The largest absolute Gasteiger partial charge is 0.480 e. The van der Waals surface area contributed by atoms with Gasteiger partial charge in [-0.2, -0.15) is 13.2 Å². The summed E-state index contributed by atoms with van der Waals surface area (Å²) in [5.74, 6) is -0.0975. The first kappa shape index (κ1) is 24.9. The number of rotatable bonds is 8. The number of benzene rings is 2. The molecule has 0 radical (unpaired) electrons. The fraction of sp³-hybridized carbons (Fsp3) is 0.304. The van der Waals surface area contributed by atoms with E-state index in [1.807, 2.05) is 24.9 Å². The smallest absolute Gasteiger partial charge is 0.416 e. The Hall–Kier alpha value is -2.78. The Balaban J connectivity index is 1.69. The maximum atomic E-state index is 12.8. The predicted molar refractivity (Wildman–Crippen MR) is 123 cm³/mol. The van der Waals surface area contributed by atoms with Gasteiger partial charge in [0.2, 0.25) is 0 Å². The Morgan fingerprint density at radius 1 is 1.18 bits per heavy atom. The Kier molecular flexibility index (Phi) is 7.86. The van der Waals surface area contributed by atoms with Crippen LogP contribution in [0.2, 0.25) is 5.02 Å². The van der Waals surface area contributed by atoms with Gasteiger partial charge in [0.05, 0.1) is 29.4 Å². The van der Waals surface area contributed by atoms with Gasteiger partial charge in [0, 0.05) is 23.2 Å². The van der Waals surface area contributed by atoms with Gasteiger partial charge in [-0.1, -0.05) is 23.7 Å². The van der Waals surface area contributed by atoms with Crippen molar-refractivity contribution in [3.05, 3.63) is 63.6 Å². The van der Waals surface area contributed by atoms with E-state index in [1.54, 1.807) is 19.1 Å². The molecule has 0 fully saturated rings. The van der Waals surface area contributed by atoms with Gasteiger partial charge in [-0.3, -0.25) is 0 Å². The van der Waals surface area contributed by atoms with Gasteiger partial charge < -0.3 is 14.4 Å². The van der Waals surface area contributed by atoms with Gasteiger partial charge in [0.1, 0.15) is 10.8 Å². The van der Waals surface area contributed by atoms with Crippen molar-refractivity contribution >= 4 is 34.6 Å². The zero-order valence-corrected chi connectivity index (χ0v) is 19.8. The predicted octanol–water partition coefficient (Wildman–Crippen LogP) is 6.37. The van der Waals surface area contributed by atoms with E-state index in [4.69, 9.17) is 21.1 Å². The van der Waals surface area contributed by atoms with E-state index < -0.39 is 17.7 Å². The molecule has 0 atom stereocenters. The van der Waals surface area contributed by atoms with Gasteiger partial charge in [-0.05, 0) is 44.2 Å². The summed E-state index contributed by atoms with van der Waals surface area (Å²) in [7, 11) is 1.89. The lowest BCUT2D eigenvalue weighted by Gasteiger charge is -2.20. The zero-order chi connectivity index (χ0) is 24.2. The first-order chi connectivity index (χ1) is 15.6. The van der Waals surface area contributed by atoms with Crippen molar-refractivity contribution < 1.29 is 27.4 Å². The summed E-state index contributed by atoms with van der Waals surface area (Å²) in [6, 6.07) is 10.2. The molecule has 176 valence electrons. The maximum absolute atomic E-state index is 12.8. The summed E-state index contributed by atoms with van der Waals surface area (Å²) < 4.78 is 48.6. The normalized spacial score (nSPS) is 11.4. The number of carbonyl (C=O) groups is 1. The molecular formula is C23H22ClF3N2O3S. The molecule has 3 aromatic rings. The van der Waals surface area contributed by atoms with Crippen LogP contribution in [0.1, 0.15) is 23.1 Å². The SMILES string of the molecule is CCOC(=O)COc1ccc(N(C)Cc2sc(-c3ccc(C(F)(F)F)cc3)nc2C)cc1Cl. The molecule has 5 nitrogen and oxygen atoms in total. The van der Waals surface area contributed by atoms with Crippen LogP contribution in [0, 0.1) is 6.92 Å². The van der Waals surface area contributed by atoms with Gasteiger partial charge in [-0.25, -0.2) is 9.78 Å². The molecule has 1 heterocycles. The van der Waals surface area contributed by atoms with Crippen LogP contribution in [0.5, 0.6) is 5.75 Å². The second kappa shape index (κ2) is 10.4. The highest BCUT2D eigenvalue weighted by Gasteiger charge is 2.30. The minimum absolute atomic E-state index is 0.227. The summed E-state index contributed by atoms with van der Waals surface area (Å²) in [4.78, 5) is 18.9. The minimum atomic E-state index is -4.37. The number of alkyl halides is 3. The molecule has 0 saturated carbocycles. The quantitative estimate of drug-likeness (QED) is 0.338. The molecule has 0 aliphatic carbocycles. The van der Waals surface area contributed by atoms with Gasteiger partial charge in [0.25, 0.3) is 0 Å². The molecule has 0 bridgehead atoms. The number of hydrogen-bond acceptors (Lipinski definition) is 6. The maximum Gasteiger partial charge on any atom is 0.416 e.